The number of para-hydroxylation sites is 1. The number of hydrogen-bond acceptors (Lipinski definition) is 6. The molecule has 1 unspecified atom stereocenters. The van der Waals surface area contributed by atoms with Crippen molar-refractivity contribution in [3.05, 3.63) is 87.4 Å². The van der Waals surface area contributed by atoms with E-state index in [2.05, 4.69) is 21.0 Å². The summed E-state index contributed by atoms with van der Waals surface area (Å²) in [5, 5.41) is 8.53. The van der Waals surface area contributed by atoms with Crippen LogP contribution in [0, 0.1) is 5.92 Å². The number of ether oxygens (including phenoxy) is 1. The van der Waals surface area contributed by atoms with E-state index in [9.17, 15) is 9.59 Å². The Morgan fingerprint density at radius 3 is 2.51 bits per heavy atom. The molecule has 1 atom stereocenters. The van der Waals surface area contributed by atoms with Crippen molar-refractivity contribution in [2.24, 2.45) is 5.92 Å². The fraction of sp³-hybridized carbons (Fsp3) is 0.345. The summed E-state index contributed by atoms with van der Waals surface area (Å²) in [6.07, 6.45) is 1.19. The molecule has 8 heteroatoms. The second-order valence-corrected chi connectivity index (χ2v) is 9.67. The van der Waals surface area contributed by atoms with E-state index >= 15 is 0 Å². The molecular formula is C29H34N4O3S. The van der Waals surface area contributed by atoms with Crippen molar-refractivity contribution in [1.82, 2.24) is 15.2 Å². The molecule has 1 aromatic heterocycles. The summed E-state index contributed by atoms with van der Waals surface area (Å²) in [5.74, 6) is 0.274. The molecule has 0 spiro atoms. The van der Waals surface area contributed by atoms with Gasteiger partial charge in [0.2, 0.25) is 0 Å². The van der Waals surface area contributed by atoms with Crippen LogP contribution >= 0.6 is 11.3 Å². The highest BCUT2D eigenvalue weighted by Crippen LogP contribution is 2.38. The van der Waals surface area contributed by atoms with Crippen LogP contribution in [0.15, 0.2) is 65.0 Å². The molecule has 3 aromatic rings. The zero-order valence-electron chi connectivity index (χ0n) is 21.6. The van der Waals surface area contributed by atoms with Crippen LogP contribution in [-0.2, 0) is 11.2 Å². The number of methoxy groups -OCH3 is 1. The van der Waals surface area contributed by atoms with Crippen LogP contribution in [-0.4, -0.2) is 55.2 Å². The lowest BCUT2D eigenvalue weighted by Crippen LogP contribution is -2.33. The summed E-state index contributed by atoms with van der Waals surface area (Å²) < 4.78 is 4.89. The lowest BCUT2D eigenvalue weighted by molar-refractivity contribution is 0.0773. The van der Waals surface area contributed by atoms with Crippen molar-refractivity contribution in [2.75, 3.05) is 38.6 Å². The number of nitrogens with one attached hydrogen (secondary N) is 2. The molecule has 1 fully saturated rings. The number of aromatic nitrogens is 1. The molecule has 2 heterocycles. The van der Waals surface area contributed by atoms with Gasteiger partial charge in [-0.15, -0.1) is 11.3 Å². The van der Waals surface area contributed by atoms with Crippen molar-refractivity contribution in [3.63, 3.8) is 0 Å². The number of benzene rings is 2. The number of nitrogens with zero attached hydrogens (tertiary/aromatic N) is 2. The maximum atomic E-state index is 12.9. The van der Waals surface area contributed by atoms with Gasteiger partial charge in [0.25, 0.3) is 5.91 Å². The molecular weight excluding hydrogens is 484 g/mol. The molecule has 0 bridgehead atoms. The van der Waals surface area contributed by atoms with Gasteiger partial charge in [0.05, 0.1) is 24.0 Å². The molecule has 2 aromatic carbocycles. The second-order valence-electron chi connectivity index (χ2n) is 8.95. The van der Waals surface area contributed by atoms with Crippen LogP contribution in [0.4, 0.5) is 10.5 Å². The van der Waals surface area contributed by atoms with Gasteiger partial charge in [0.1, 0.15) is 0 Å². The molecule has 0 saturated carbocycles. The third kappa shape index (κ3) is 6.26. The molecule has 0 aliphatic carbocycles. The molecule has 2 N–H and O–H groups in total. The zero-order valence-corrected chi connectivity index (χ0v) is 22.4. The smallest absolute Gasteiger partial charge is 0.411 e. The lowest BCUT2D eigenvalue weighted by Gasteiger charge is -2.30. The standard InChI is InChI=1S/C29H34N4O3S/c1-4-33(5-2)28(34)21-12-10-20(11-13-21)27(25-8-6-7-9-26(25)32-29(35)36-3)24-14-15-30-17-22(24)16-23-18-37-19-31-23/h6-13,18-19,22,30H,4-5,14-17H2,1-3H3,(H,32,35). The van der Waals surface area contributed by atoms with Crippen molar-refractivity contribution < 1.29 is 14.3 Å². The van der Waals surface area contributed by atoms with Gasteiger partial charge >= 0.3 is 6.09 Å². The third-order valence-electron chi connectivity index (χ3n) is 6.80. The first-order valence-electron chi connectivity index (χ1n) is 12.7. The Kier molecular flexibility index (Phi) is 9.09. The van der Waals surface area contributed by atoms with Crippen LogP contribution in [0.3, 0.4) is 0 Å². The largest absolute Gasteiger partial charge is 0.453 e. The van der Waals surface area contributed by atoms with Gasteiger partial charge in [0, 0.05) is 36.1 Å². The molecule has 1 saturated heterocycles. The van der Waals surface area contributed by atoms with Gasteiger partial charge in [-0.3, -0.25) is 10.1 Å². The molecule has 194 valence electrons. The Bertz CT molecular complexity index is 1230. The number of hydrogen-bond donors (Lipinski definition) is 2. The van der Waals surface area contributed by atoms with Gasteiger partial charge in [-0.25, -0.2) is 9.78 Å². The first kappa shape index (κ1) is 26.6. The summed E-state index contributed by atoms with van der Waals surface area (Å²) in [6, 6.07) is 15.7. The van der Waals surface area contributed by atoms with E-state index in [0.717, 1.165) is 48.3 Å². The highest BCUT2D eigenvalue weighted by Gasteiger charge is 2.26. The van der Waals surface area contributed by atoms with Crippen molar-refractivity contribution >= 4 is 34.6 Å². The van der Waals surface area contributed by atoms with Crippen molar-refractivity contribution in [3.8, 4) is 0 Å². The van der Waals surface area contributed by atoms with Crippen LogP contribution in [0.2, 0.25) is 0 Å². The summed E-state index contributed by atoms with van der Waals surface area (Å²) in [6.45, 7) is 7.04. The monoisotopic (exact) mass is 518 g/mol. The number of carbonyl (C=O) groups excluding carboxylic acids is 2. The maximum Gasteiger partial charge on any atom is 0.411 e. The van der Waals surface area contributed by atoms with Gasteiger partial charge in [0.15, 0.2) is 0 Å². The Hall–Kier alpha value is -3.49. The Balaban J connectivity index is 1.83. The molecule has 2 amide bonds. The quantitative estimate of drug-likeness (QED) is 0.414. The normalized spacial score (nSPS) is 16.7. The van der Waals surface area contributed by atoms with E-state index < -0.39 is 6.09 Å². The van der Waals surface area contributed by atoms with E-state index in [1.807, 2.05) is 72.8 Å². The molecule has 7 nitrogen and oxygen atoms in total. The number of piperidine rings is 1. The van der Waals surface area contributed by atoms with Crippen molar-refractivity contribution in [2.45, 2.75) is 26.7 Å². The molecule has 1 aliphatic heterocycles. The maximum absolute atomic E-state index is 12.9. The molecule has 37 heavy (non-hydrogen) atoms. The highest BCUT2D eigenvalue weighted by molar-refractivity contribution is 7.07. The third-order valence-corrected chi connectivity index (χ3v) is 7.44. The van der Waals surface area contributed by atoms with Crippen LogP contribution < -0.4 is 10.6 Å². The zero-order chi connectivity index (χ0) is 26.2. The highest BCUT2D eigenvalue weighted by atomic mass is 32.1. The van der Waals surface area contributed by atoms with Crippen molar-refractivity contribution in [1.29, 1.82) is 0 Å². The van der Waals surface area contributed by atoms with E-state index in [4.69, 9.17) is 4.74 Å². The van der Waals surface area contributed by atoms with Crippen LogP contribution in [0.5, 0.6) is 0 Å². The minimum atomic E-state index is -0.513. The van der Waals surface area contributed by atoms with Crippen LogP contribution in [0.25, 0.3) is 5.57 Å². The molecule has 0 radical (unpaired) electrons. The second kappa shape index (κ2) is 12.7. The predicted octanol–water partition coefficient (Wildman–Crippen LogP) is 5.46. The number of thiazole rings is 1. The number of rotatable bonds is 8. The Morgan fingerprint density at radius 1 is 1.11 bits per heavy atom. The van der Waals surface area contributed by atoms with E-state index in [1.54, 1.807) is 11.3 Å². The Morgan fingerprint density at radius 2 is 1.84 bits per heavy atom. The minimum absolute atomic E-state index is 0.0294. The Labute approximate surface area is 222 Å². The van der Waals surface area contributed by atoms with Crippen LogP contribution in [0.1, 0.15) is 47.4 Å². The van der Waals surface area contributed by atoms with Gasteiger partial charge < -0.3 is 15.0 Å². The van der Waals surface area contributed by atoms with Gasteiger partial charge in [-0.2, -0.15) is 0 Å². The first-order valence-corrected chi connectivity index (χ1v) is 13.6. The SMILES string of the molecule is CCN(CC)C(=O)c1ccc(C(=C2CCNCC2Cc2cscn2)c2ccccc2NC(=O)OC)cc1. The average Bonchev–Trinajstić information content (AvgIpc) is 3.45. The summed E-state index contributed by atoms with van der Waals surface area (Å²) in [7, 11) is 1.36. The van der Waals surface area contributed by atoms with Gasteiger partial charge in [-0.05, 0) is 68.5 Å². The van der Waals surface area contributed by atoms with E-state index in [0.29, 0.717) is 24.3 Å². The number of carbonyl (C=O) groups is 2. The van der Waals surface area contributed by atoms with E-state index in [1.165, 1.54) is 12.7 Å². The number of amides is 2. The number of anilines is 1. The van der Waals surface area contributed by atoms with E-state index in [-0.39, 0.29) is 11.8 Å². The minimum Gasteiger partial charge on any atom is -0.453 e. The summed E-state index contributed by atoms with van der Waals surface area (Å²) in [4.78, 5) is 31.5. The average molecular weight is 519 g/mol. The lowest BCUT2D eigenvalue weighted by atomic mass is 9.80. The van der Waals surface area contributed by atoms with Gasteiger partial charge in [-0.1, -0.05) is 35.9 Å². The predicted molar refractivity (Wildman–Crippen MR) is 149 cm³/mol. The molecule has 4 rings (SSSR count). The first-order chi connectivity index (χ1) is 18.0. The molecule has 1 aliphatic rings. The fourth-order valence-corrected chi connectivity index (χ4v) is 5.47. The summed E-state index contributed by atoms with van der Waals surface area (Å²) in [5.41, 5.74) is 8.64. The summed E-state index contributed by atoms with van der Waals surface area (Å²) >= 11 is 1.61. The fourth-order valence-electron chi connectivity index (χ4n) is 4.90. The topological polar surface area (TPSA) is 83.6 Å².